The van der Waals surface area contributed by atoms with Crippen LogP contribution in [0.15, 0.2) is 23.2 Å². The average molecular weight is 225 g/mol. The molecular weight excluding hydrogens is 218 g/mol. The minimum absolute atomic E-state index is 0.255. The molecule has 2 rings (SSSR count). The molecule has 0 bridgehead atoms. The van der Waals surface area contributed by atoms with Crippen LogP contribution in [0.2, 0.25) is 0 Å². The molecule has 1 aromatic heterocycles. The number of amides is 1. The number of rotatable bonds is 1. The van der Waals surface area contributed by atoms with Crippen LogP contribution >= 0.6 is 24.0 Å². The summed E-state index contributed by atoms with van der Waals surface area (Å²) in [6.07, 6.45) is 3.52. The molecule has 6 heteroatoms. The number of aromatic amines is 1. The molecule has 1 aliphatic heterocycles. The van der Waals surface area contributed by atoms with E-state index in [0.29, 0.717) is 9.23 Å². The fraction of sp³-hybridized carbons (Fsp3) is 0. The monoisotopic (exact) mass is 225 g/mol. The third-order valence-electron chi connectivity index (χ3n) is 1.73. The third kappa shape index (κ3) is 1.59. The summed E-state index contributed by atoms with van der Waals surface area (Å²) in [7, 11) is 0. The molecule has 1 aliphatic rings. The van der Waals surface area contributed by atoms with Gasteiger partial charge in [0.2, 0.25) is 0 Å². The van der Waals surface area contributed by atoms with Crippen molar-refractivity contribution in [2.24, 2.45) is 5.84 Å². The van der Waals surface area contributed by atoms with Gasteiger partial charge in [-0.1, -0.05) is 24.0 Å². The summed E-state index contributed by atoms with van der Waals surface area (Å²) in [5.41, 5.74) is 0.860. The molecule has 1 amide bonds. The summed E-state index contributed by atoms with van der Waals surface area (Å²) >= 11 is 6.09. The number of carbonyl (C=O) groups excluding carboxylic acids is 1. The Morgan fingerprint density at radius 3 is 2.93 bits per heavy atom. The van der Waals surface area contributed by atoms with Crippen molar-refractivity contribution >= 4 is 40.3 Å². The summed E-state index contributed by atoms with van der Waals surface area (Å²) < 4.78 is 0.382. The fourth-order valence-electron chi connectivity index (χ4n) is 1.05. The van der Waals surface area contributed by atoms with E-state index < -0.39 is 0 Å². The highest BCUT2D eigenvalue weighted by Gasteiger charge is 2.29. The molecule has 4 nitrogen and oxygen atoms in total. The van der Waals surface area contributed by atoms with Gasteiger partial charge in [-0.15, -0.1) is 0 Å². The number of H-pyrrole nitrogens is 1. The van der Waals surface area contributed by atoms with Gasteiger partial charge in [-0.05, 0) is 18.2 Å². The number of nitrogens with one attached hydrogen (secondary N) is 1. The third-order valence-corrected chi connectivity index (χ3v) is 3.06. The molecule has 14 heavy (non-hydrogen) atoms. The molecule has 0 spiro atoms. The van der Waals surface area contributed by atoms with E-state index in [-0.39, 0.29) is 5.91 Å². The zero-order chi connectivity index (χ0) is 10.1. The lowest BCUT2D eigenvalue weighted by atomic mass is 10.3. The van der Waals surface area contributed by atoms with Crippen LogP contribution in [0.1, 0.15) is 5.69 Å². The van der Waals surface area contributed by atoms with Crippen molar-refractivity contribution in [2.45, 2.75) is 0 Å². The van der Waals surface area contributed by atoms with Gasteiger partial charge in [-0.3, -0.25) is 4.79 Å². The Morgan fingerprint density at radius 2 is 2.43 bits per heavy atom. The first-order valence-electron chi connectivity index (χ1n) is 3.84. The van der Waals surface area contributed by atoms with Crippen LogP contribution in [0.4, 0.5) is 0 Å². The van der Waals surface area contributed by atoms with Crippen LogP contribution in [0.5, 0.6) is 0 Å². The van der Waals surface area contributed by atoms with Gasteiger partial charge in [-0.25, -0.2) is 10.9 Å². The van der Waals surface area contributed by atoms with Crippen molar-refractivity contribution in [3.63, 3.8) is 0 Å². The predicted molar refractivity (Wildman–Crippen MR) is 60.0 cm³/mol. The molecular formula is C8H7N3OS2. The second-order valence-electron chi connectivity index (χ2n) is 2.68. The van der Waals surface area contributed by atoms with E-state index in [4.69, 9.17) is 18.1 Å². The Bertz CT molecular complexity index is 410. The molecule has 0 saturated carbocycles. The minimum atomic E-state index is -0.255. The minimum Gasteiger partial charge on any atom is -0.362 e. The van der Waals surface area contributed by atoms with Gasteiger partial charge in [0, 0.05) is 11.9 Å². The second kappa shape index (κ2) is 3.56. The van der Waals surface area contributed by atoms with Gasteiger partial charge in [0.05, 0.1) is 4.91 Å². The maximum absolute atomic E-state index is 11.5. The maximum Gasteiger partial charge on any atom is 0.280 e. The van der Waals surface area contributed by atoms with Crippen LogP contribution < -0.4 is 5.84 Å². The highest BCUT2D eigenvalue weighted by molar-refractivity contribution is 8.26. The summed E-state index contributed by atoms with van der Waals surface area (Å²) in [5.74, 6) is 5.16. The van der Waals surface area contributed by atoms with Gasteiger partial charge in [0.25, 0.3) is 5.91 Å². The van der Waals surface area contributed by atoms with E-state index >= 15 is 0 Å². The van der Waals surface area contributed by atoms with E-state index in [1.807, 2.05) is 12.1 Å². The molecule has 0 aliphatic carbocycles. The van der Waals surface area contributed by atoms with Gasteiger partial charge in [-0.2, -0.15) is 0 Å². The zero-order valence-corrected chi connectivity index (χ0v) is 8.69. The quantitative estimate of drug-likeness (QED) is 0.325. The van der Waals surface area contributed by atoms with Crippen molar-refractivity contribution in [3.05, 3.63) is 28.9 Å². The molecule has 0 atom stereocenters. The Balaban J connectivity index is 2.29. The number of thiocarbonyl (C=S) groups is 1. The van der Waals surface area contributed by atoms with Crippen LogP contribution in [-0.2, 0) is 4.79 Å². The van der Waals surface area contributed by atoms with Crippen molar-refractivity contribution in [1.29, 1.82) is 0 Å². The molecule has 1 saturated heterocycles. The molecule has 1 fully saturated rings. The Morgan fingerprint density at radius 1 is 1.64 bits per heavy atom. The van der Waals surface area contributed by atoms with Crippen LogP contribution in [0.25, 0.3) is 6.08 Å². The van der Waals surface area contributed by atoms with Gasteiger partial charge in [0.1, 0.15) is 0 Å². The van der Waals surface area contributed by atoms with E-state index in [2.05, 4.69) is 4.98 Å². The standard InChI is InChI=1S/C8H7N3OS2/c9-11-7(12)6(14-8(11)13)4-5-2-1-3-10-5/h1-4,10H,9H2/b6-4-. The fourth-order valence-corrected chi connectivity index (χ4v) is 2.15. The average Bonchev–Trinajstić information content (AvgIpc) is 2.73. The number of carbonyl (C=O) groups is 1. The van der Waals surface area contributed by atoms with E-state index in [1.165, 1.54) is 11.8 Å². The lowest BCUT2D eigenvalue weighted by molar-refractivity contribution is -0.122. The molecule has 0 aromatic carbocycles. The molecule has 72 valence electrons. The molecule has 0 unspecified atom stereocenters. The highest BCUT2D eigenvalue weighted by atomic mass is 32.2. The van der Waals surface area contributed by atoms with Crippen molar-refractivity contribution in [1.82, 2.24) is 9.99 Å². The van der Waals surface area contributed by atoms with Gasteiger partial charge >= 0.3 is 0 Å². The first-order valence-corrected chi connectivity index (χ1v) is 5.07. The number of hydrogen-bond donors (Lipinski definition) is 2. The number of hydrazine groups is 1. The lowest BCUT2D eigenvalue weighted by Crippen LogP contribution is -2.34. The van der Waals surface area contributed by atoms with Gasteiger partial charge in [0.15, 0.2) is 4.32 Å². The topological polar surface area (TPSA) is 62.1 Å². The Kier molecular flexibility index (Phi) is 2.40. The van der Waals surface area contributed by atoms with Crippen LogP contribution in [0, 0.1) is 0 Å². The van der Waals surface area contributed by atoms with Crippen molar-refractivity contribution in [3.8, 4) is 0 Å². The number of nitrogens with two attached hydrogens (primary N) is 1. The summed E-state index contributed by atoms with van der Waals surface area (Å²) in [4.78, 5) is 15.0. The largest absolute Gasteiger partial charge is 0.362 e. The van der Waals surface area contributed by atoms with Crippen molar-refractivity contribution in [2.75, 3.05) is 0 Å². The van der Waals surface area contributed by atoms with E-state index in [1.54, 1.807) is 12.3 Å². The molecule has 0 radical (unpaired) electrons. The van der Waals surface area contributed by atoms with E-state index in [9.17, 15) is 4.79 Å². The molecule has 1 aromatic rings. The number of hydrogen-bond acceptors (Lipinski definition) is 4. The number of thioether (sulfide) groups is 1. The highest BCUT2D eigenvalue weighted by Crippen LogP contribution is 2.29. The first-order chi connectivity index (χ1) is 6.68. The Hall–Kier alpha value is -1.11. The number of nitrogens with zero attached hydrogens (tertiary/aromatic N) is 1. The van der Waals surface area contributed by atoms with Crippen LogP contribution in [-0.4, -0.2) is 20.2 Å². The summed E-state index contributed by atoms with van der Waals surface area (Å²) in [5, 5.41) is 0.981. The predicted octanol–water partition coefficient (Wildman–Crippen LogP) is 1.09. The zero-order valence-electron chi connectivity index (χ0n) is 7.06. The Labute approximate surface area is 90.1 Å². The van der Waals surface area contributed by atoms with Crippen molar-refractivity contribution < 1.29 is 4.79 Å². The second-order valence-corrected chi connectivity index (χ2v) is 4.35. The summed E-state index contributed by atoms with van der Waals surface area (Å²) in [6, 6.07) is 3.72. The smallest absolute Gasteiger partial charge is 0.280 e. The summed E-state index contributed by atoms with van der Waals surface area (Å²) in [6.45, 7) is 0. The first kappa shape index (κ1) is 9.45. The lowest BCUT2D eigenvalue weighted by Gasteiger charge is -2.02. The van der Waals surface area contributed by atoms with E-state index in [0.717, 1.165) is 10.7 Å². The molecule has 2 heterocycles. The maximum atomic E-state index is 11.5. The normalized spacial score (nSPS) is 19.8. The SMILES string of the molecule is NN1C(=O)/C(=C/c2ccc[nH]2)SC1=S. The molecule has 3 N–H and O–H groups in total. The van der Waals surface area contributed by atoms with Gasteiger partial charge < -0.3 is 4.98 Å². The number of aromatic nitrogens is 1. The van der Waals surface area contributed by atoms with Crippen LogP contribution in [0.3, 0.4) is 0 Å².